The number of fused-ring (bicyclic) bond motifs is 1. The van der Waals surface area contributed by atoms with Crippen LogP contribution in [0, 0.1) is 0 Å². The molecule has 0 bridgehead atoms. The number of nitrogens with zero attached hydrogens (tertiary/aromatic N) is 2. The van der Waals surface area contributed by atoms with E-state index in [4.69, 9.17) is 23.2 Å². The summed E-state index contributed by atoms with van der Waals surface area (Å²) in [4.78, 5) is 25.0. The van der Waals surface area contributed by atoms with Gasteiger partial charge in [0.2, 0.25) is 5.91 Å². The lowest BCUT2D eigenvalue weighted by molar-refractivity contribution is -0.115. The van der Waals surface area contributed by atoms with Gasteiger partial charge in [0.15, 0.2) is 0 Å². The number of carbonyl (C=O) groups is 1. The molecule has 134 valence electrons. The van der Waals surface area contributed by atoms with E-state index < -0.39 is 0 Å². The molecule has 0 aliphatic heterocycles. The van der Waals surface area contributed by atoms with Crippen molar-refractivity contribution in [2.24, 2.45) is 0 Å². The molecule has 0 radical (unpaired) electrons. The fraction of sp³-hybridized carbons (Fsp3) is 0.211. The van der Waals surface area contributed by atoms with E-state index in [0.29, 0.717) is 32.2 Å². The maximum atomic E-state index is 12.5. The van der Waals surface area contributed by atoms with Crippen LogP contribution in [0.2, 0.25) is 10.0 Å². The second kappa shape index (κ2) is 7.48. The fourth-order valence-corrected chi connectivity index (χ4v) is 3.15. The Morgan fingerprint density at radius 1 is 1.15 bits per heavy atom. The van der Waals surface area contributed by atoms with Crippen molar-refractivity contribution in [3.63, 3.8) is 0 Å². The number of hydrogen-bond acceptors (Lipinski definition) is 3. The van der Waals surface area contributed by atoms with Gasteiger partial charge in [-0.05, 0) is 38.1 Å². The summed E-state index contributed by atoms with van der Waals surface area (Å²) in [6.07, 6.45) is 0.0203. The number of anilines is 1. The van der Waals surface area contributed by atoms with Crippen LogP contribution in [0.4, 0.5) is 5.69 Å². The van der Waals surface area contributed by atoms with Crippen molar-refractivity contribution in [1.82, 2.24) is 9.78 Å². The Kier molecular flexibility index (Phi) is 5.30. The Labute approximate surface area is 160 Å². The van der Waals surface area contributed by atoms with Gasteiger partial charge in [-0.25, -0.2) is 4.68 Å². The monoisotopic (exact) mass is 389 g/mol. The molecule has 0 atom stereocenters. The van der Waals surface area contributed by atoms with Crippen LogP contribution >= 0.6 is 23.2 Å². The molecule has 1 amide bonds. The normalized spacial score (nSPS) is 11.1. The summed E-state index contributed by atoms with van der Waals surface area (Å²) in [6.45, 7) is 3.75. The third kappa shape index (κ3) is 3.74. The molecular formula is C19H17Cl2N3O2. The molecule has 0 unspecified atom stereocenters. The first-order chi connectivity index (χ1) is 12.4. The quantitative estimate of drug-likeness (QED) is 0.715. The second-order valence-corrected chi connectivity index (χ2v) is 7.03. The summed E-state index contributed by atoms with van der Waals surface area (Å²) in [6, 6.07) is 11.9. The number of benzene rings is 2. The van der Waals surface area contributed by atoms with Crippen LogP contribution < -0.4 is 10.9 Å². The van der Waals surface area contributed by atoms with Gasteiger partial charge in [-0.2, -0.15) is 5.10 Å². The van der Waals surface area contributed by atoms with Crippen LogP contribution in [-0.4, -0.2) is 15.7 Å². The van der Waals surface area contributed by atoms with E-state index in [9.17, 15) is 9.59 Å². The SMILES string of the molecule is CC(C)n1nc(CC(=O)Nc2ccc(Cl)cc2Cl)c2ccccc2c1=O. The first-order valence-electron chi connectivity index (χ1n) is 8.12. The Morgan fingerprint density at radius 2 is 1.85 bits per heavy atom. The Morgan fingerprint density at radius 3 is 2.50 bits per heavy atom. The number of nitrogens with one attached hydrogen (secondary N) is 1. The summed E-state index contributed by atoms with van der Waals surface area (Å²) in [5.74, 6) is -0.277. The second-order valence-electron chi connectivity index (χ2n) is 6.18. The van der Waals surface area contributed by atoms with Crippen molar-refractivity contribution in [1.29, 1.82) is 0 Å². The lowest BCUT2D eigenvalue weighted by Crippen LogP contribution is -2.27. The van der Waals surface area contributed by atoms with Crippen molar-refractivity contribution in [2.75, 3.05) is 5.32 Å². The van der Waals surface area contributed by atoms with Gasteiger partial charge in [-0.3, -0.25) is 9.59 Å². The molecular weight excluding hydrogens is 373 g/mol. The average molecular weight is 390 g/mol. The van der Waals surface area contributed by atoms with E-state index in [-0.39, 0.29) is 23.9 Å². The molecule has 3 rings (SSSR count). The van der Waals surface area contributed by atoms with Crippen molar-refractivity contribution < 1.29 is 4.79 Å². The van der Waals surface area contributed by atoms with E-state index in [0.717, 1.165) is 0 Å². The van der Waals surface area contributed by atoms with Crippen LogP contribution in [0.1, 0.15) is 25.6 Å². The standard InChI is InChI=1S/C19H17Cl2N3O2/c1-11(2)24-19(26)14-6-4-3-5-13(14)17(23-24)10-18(25)22-16-8-7-12(20)9-15(16)21/h3-9,11H,10H2,1-2H3,(H,22,25). The van der Waals surface area contributed by atoms with E-state index in [1.165, 1.54) is 4.68 Å². The molecule has 0 saturated heterocycles. The molecule has 0 aliphatic rings. The number of halogens is 2. The fourth-order valence-electron chi connectivity index (χ4n) is 2.69. The Balaban J connectivity index is 1.96. The third-order valence-electron chi connectivity index (χ3n) is 3.93. The van der Waals surface area contributed by atoms with Gasteiger partial charge in [-0.1, -0.05) is 41.4 Å². The molecule has 0 fully saturated rings. The first kappa shape index (κ1) is 18.4. The summed E-state index contributed by atoms with van der Waals surface area (Å²) in [5.41, 5.74) is 0.847. The topological polar surface area (TPSA) is 64.0 Å². The highest BCUT2D eigenvalue weighted by atomic mass is 35.5. The van der Waals surface area contributed by atoms with Gasteiger partial charge in [-0.15, -0.1) is 0 Å². The zero-order chi connectivity index (χ0) is 18.8. The molecule has 0 saturated carbocycles. The summed E-state index contributed by atoms with van der Waals surface area (Å²) in [5, 5.41) is 9.23. The molecule has 0 aliphatic carbocycles. The third-order valence-corrected chi connectivity index (χ3v) is 4.48. The molecule has 1 heterocycles. The molecule has 26 heavy (non-hydrogen) atoms. The van der Waals surface area contributed by atoms with E-state index in [1.54, 1.807) is 36.4 Å². The molecule has 2 aromatic carbocycles. The molecule has 1 N–H and O–H groups in total. The van der Waals surface area contributed by atoms with E-state index in [1.807, 2.05) is 19.9 Å². The molecule has 3 aromatic rings. The van der Waals surface area contributed by atoms with E-state index >= 15 is 0 Å². The maximum absolute atomic E-state index is 12.5. The molecule has 1 aromatic heterocycles. The van der Waals surface area contributed by atoms with Crippen LogP contribution in [0.5, 0.6) is 0 Å². The minimum Gasteiger partial charge on any atom is -0.324 e. The van der Waals surface area contributed by atoms with Crippen LogP contribution in [0.15, 0.2) is 47.3 Å². The molecule has 5 nitrogen and oxygen atoms in total. The number of aromatic nitrogens is 2. The minimum atomic E-state index is -0.277. The van der Waals surface area contributed by atoms with Gasteiger partial charge < -0.3 is 5.32 Å². The van der Waals surface area contributed by atoms with Gasteiger partial charge in [0, 0.05) is 10.4 Å². The summed E-state index contributed by atoms with van der Waals surface area (Å²) >= 11 is 12.0. The lowest BCUT2D eigenvalue weighted by Gasteiger charge is -2.14. The maximum Gasteiger partial charge on any atom is 0.274 e. The zero-order valence-electron chi connectivity index (χ0n) is 14.3. The van der Waals surface area contributed by atoms with Crippen molar-refractivity contribution in [3.8, 4) is 0 Å². The van der Waals surface area contributed by atoms with Crippen molar-refractivity contribution in [2.45, 2.75) is 26.3 Å². The predicted octanol–water partition coefficient (Wildman–Crippen LogP) is 4.47. The highest BCUT2D eigenvalue weighted by molar-refractivity contribution is 6.36. The summed E-state index contributed by atoms with van der Waals surface area (Å²) in [7, 11) is 0. The van der Waals surface area contributed by atoms with E-state index in [2.05, 4.69) is 10.4 Å². The first-order valence-corrected chi connectivity index (χ1v) is 8.87. The molecule has 0 spiro atoms. The number of hydrogen-bond donors (Lipinski definition) is 1. The van der Waals surface area contributed by atoms with Gasteiger partial charge >= 0.3 is 0 Å². The Bertz CT molecular complexity index is 1040. The highest BCUT2D eigenvalue weighted by Crippen LogP contribution is 2.25. The largest absolute Gasteiger partial charge is 0.324 e. The minimum absolute atomic E-state index is 0.0203. The predicted molar refractivity (Wildman–Crippen MR) is 105 cm³/mol. The smallest absolute Gasteiger partial charge is 0.274 e. The van der Waals surface area contributed by atoms with Gasteiger partial charge in [0.1, 0.15) is 0 Å². The number of carbonyl (C=O) groups excluding carboxylic acids is 1. The molecule has 7 heteroatoms. The van der Waals surface area contributed by atoms with Crippen molar-refractivity contribution in [3.05, 3.63) is 68.6 Å². The number of amides is 1. The summed E-state index contributed by atoms with van der Waals surface area (Å²) < 4.78 is 1.40. The van der Waals surface area contributed by atoms with Crippen LogP contribution in [0.3, 0.4) is 0 Å². The van der Waals surface area contributed by atoms with Crippen molar-refractivity contribution >= 4 is 45.6 Å². The lowest BCUT2D eigenvalue weighted by atomic mass is 10.1. The van der Waals surface area contributed by atoms with Gasteiger partial charge in [0.05, 0.1) is 34.3 Å². The van der Waals surface area contributed by atoms with Crippen LogP contribution in [0.25, 0.3) is 10.8 Å². The average Bonchev–Trinajstić information content (AvgIpc) is 2.59. The van der Waals surface area contributed by atoms with Crippen LogP contribution in [-0.2, 0) is 11.2 Å². The highest BCUT2D eigenvalue weighted by Gasteiger charge is 2.15. The Hall–Kier alpha value is -2.37. The van der Waals surface area contributed by atoms with Gasteiger partial charge in [0.25, 0.3) is 5.56 Å². The number of rotatable bonds is 4. The zero-order valence-corrected chi connectivity index (χ0v) is 15.8.